The Morgan fingerprint density at radius 3 is 2.07 bits per heavy atom. The van der Waals surface area contributed by atoms with Crippen molar-refractivity contribution in [1.82, 2.24) is 19.6 Å². The van der Waals surface area contributed by atoms with Crippen molar-refractivity contribution in [2.45, 2.75) is 34.4 Å². The van der Waals surface area contributed by atoms with Gasteiger partial charge in [-0.15, -0.1) is 0 Å². The predicted octanol–water partition coefficient (Wildman–Crippen LogP) is 5.81. The SMILES string of the molecule is Cc1ccc(-c2cc(-c3ccc(C)c(C)c3)n(Cn3cc(Cl)cn3)n2)cc1C. The Bertz CT molecular complexity index is 1150. The molecule has 0 saturated carbocycles. The van der Waals surface area contributed by atoms with Gasteiger partial charge in [0.05, 0.1) is 22.6 Å². The highest BCUT2D eigenvalue weighted by Crippen LogP contribution is 2.29. The van der Waals surface area contributed by atoms with Gasteiger partial charge >= 0.3 is 0 Å². The molecule has 0 fully saturated rings. The second kappa shape index (κ2) is 7.28. The van der Waals surface area contributed by atoms with Crippen molar-refractivity contribution in [2.75, 3.05) is 0 Å². The average molecular weight is 391 g/mol. The predicted molar refractivity (Wildman–Crippen MR) is 115 cm³/mol. The summed E-state index contributed by atoms with van der Waals surface area (Å²) in [5.41, 5.74) is 9.36. The molecule has 0 bridgehead atoms. The van der Waals surface area contributed by atoms with Crippen LogP contribution in [0.5, 0.6) is 0 Å². The summed E-state index contributed by atoms with van der Waals surface area (Å²) in [5.74, 6) is 0. The lowest BCUT2D eigenvalue weighted by atomic mass is 10.0. The third kappa shape index (κ3) is 3.60. The summed E-state index contributed by atoms with van der Waals surface area (Å²) in [4.78, 5) is 0. The maximum atomic E-state index is 6.04. The van der Waals surface area contributed by atoms with Gasteiger partial charge in [-0.3, -0.25) is 0 Å². The maximum absolute atomic E-state index is 6.04. The zero-order valence-corrected chi connectivity index (χ0v) is 17.3. The normalized spacial score (nSPS) is 11.2. The monoisotopic (exact) mass is 390 g/mol. The van der Waals surface area contributed by atoms with Crippen molar-refractivity contribution in [3.8, 4) is 22.5 Å². The molecule has 0 unspecified atom stereocenters. The second-order valence-electron chi connectivity index (χ2n) is 7.35. The average Bonchev–Trinajstić information content (AvgIpc) is 3.26. The molecular weight excluding hydrogens is 368 g/mol. The van der Waals surface area contributed by atoms with E-state index in [0.29, 0.717) is 11.7 Å². The molecule has 4 rings (SSSR count). The Morgan fingerprint density at radius 1 is 0.821 bits per heavy atom. The Labute approximate surface area is 170 Å². The van der Waals surface area contributed by atoms with Gasteiger partial charge in [0, 0.05) is 17.3 Å². The van der Waals surface area contributed by atoms with Crippen molar-refractivity contribution >= 4 is 11.6 Å². The summed E-state index contributed by atoms with van der Waals surface area (Å²) in [6.45, 7) is 9.02. The molecule has 4 aromatic rings. The van der Waals surface area contributed by atoms with Crippen LogP contribution in [0, 0.1) is 27.7 Å². The lowest BCUT2D eigenvalue weighted by molar-refractivity contribution is 0.508. The molecule has 0 aliphatic carbocycles. The van der Waals surface area contributed by atoms with Crippen molar-refractivity contribution < 1.29 is 0 Å². The van der Waals surface area contributed by atoms with Crippen molar-refractivity contribution in [3.05, 3.63) is 82.1 Å². The molecule has 2 heterocycles. The third-order valence-electron chi connectivity index (χ3n) is 5.27. The Morgan fingerprint density at radius 2 is 1.46 bits per heavy atom. The van der Waals surface area contributed by atoms with Gasteiger partial charge in [0.2, 0.25) is 0 Å². The number of aromatic nitrogens is 4. The van der Waals surface area contributed by atoms with Crippen LogP contribution in [0.15, 0.2) is 54.9 Å². The number of hydrogen-bond acceptors (Lipinski definition) is 2. The van der Waals surface area contributed by atoms with E-state index < -0.39 is 0 Å². The molecule has 0 saturated heterocycles. The van der Waals surface area contributed by atoms with E-state index in [0.717, 1.165) is 22.5 Å². The summed E-state index contributed by atoms with van der Waals surface area (Å²) in [7, 11) is 0. The molecule has 0 spiro atoms. The number of rotatable bonds is 4. The molecular formula is C23H23ClN4. The van der Waals surface area contributed by atoms with Crippen LogP contribution in [0.25, 0.3) is 22.5 Å². The number of benzene rings is 2. The zero-order valence-electron chi connectivity index (χ0n) is 16.6. The Hall–Kier alpha value is -2.85. The summed E-state index contributed by atoms with van der Waals surface area (Å²) < 4.78 is 3.78. The first-order valence-corrected chi connectivity index (χ1v) is 9.69. The van der Waals surface area contributed by atoms with E-state index in [1.807, 2.05) is 10.9 Å². The first kappa shape index (κ1) is 18.5. The van der Waals surface area contributed by atoms with Crippen molar-refractivity contribution in [2.24, 2.45) is 0 Å². The first-order valence-electron chi connectivity index (χ1n) is 9.32. The van der Waals surface area contributed by atoms with E-state index in [2.05, 4.69) is 75.3 Å². The quantitative estimate of drug-likeness (QED) is 0.441. The molecule has 0 aliphatic rings. The van der Waals surface area contributed by atoms with Gasteiger partial charge in [-0.2, -0.15) is 10.2 Å². The number of halogens is 1. The summed E-state index contributed by atoms with van der Waals surface area (Å²) in [6, 6.07) is 15.1. The van der Waals surface area contributed by atoms with E-state index in [4.69, 9.17) is 16.7 Å². The summed E-state index contributed by atoms with van der Waals surface area (Å²) in [5, 5.41) is 9.83. The fraction of sp³-hybridized carbons (Fsp3) is 0.217. The van der Waals surface area contributed by atoms with Crippen LogP contribution >= 0.6 is 11.6 Å². The van der Waals surface area contributed by atoms with Gasteiger partial charge in [0.15, 0.2) is 0 Å². The molecule has 0 amide bonds. The molecule has 5 heteroatoms. The highest BCUT2D eigenvalue weighted by Gasteiger charge is 2.13. The summed E-state index contributed by atoms with van der Waals surface area (Å²) in [6.07, 6.45) is 3.45. The van der Waals surface area contributed by atoms with Gasteiger partial charge in [-0.1, -0.05) is 35.9 Å². The zero-order chi connectivity index (χ0) is 19.8. The number of hydrogen-bond donors (Lipinski definition) is 0. The molecule has 4 nitrogen and oxygen atoms in total. The fourth-order valence-electron chi connectivity index (χ4n) is 3.25. The van der Waals surface area contributed by atoms with Crippen molar-refractivity contribution in [1.29, 1.82) is 0 Å². The van der Waals surface area contributed by atoms with Gasteiger partial charge < -0.3 is 0 Å². The molecule has 142 valence electrons. The molecule has 0 N–H and O–H groups in total. The minimum absolute atomic E-state index is 0.500. The first-order chi connectivity index (χ1) is 13.4. The van der Waals surface area contributed by atoms with Crippen LogP contribution in [0.1, 0.15) is 22.3 Å². The van der Waals surface area contributed by atoms with E-state index in [9.17, 15) is 0 Å². The van der Waals surface area contributed by atoms with Crippen LogP contribution in [-0.2, 0) is 6.67 Å². The second-order valence-corrected chi connectivity index (χ2v) is 7.79. The smallest absolute Gasteiger partial charge is 0.133 e. The van der Waals surface area contributed by atoms with E-state index in [-0.39, 0.29) is 0 Å². The van der Waals surface area contributed by atoms with Crippen LogP contribution in [0.2, 0.25) is 5.02 Å². The Kier molecular flexibility index (Phi) is 4.82. The van der Waals surface area contributed by atoms with Crippen LogP contribution in [-0.4, -0.2) is 19.6 Å². The van der Waals surface area contributed by atoms with Gasteiger partial charge in [0.25, 0.3) is 0 Å². The highest BCUT2D eigenvalue weighted by molar-refractivity contribution is 6.30. The molecule has 2 aromatic heterocycles. The van der Waals surface area contributed by atoms with Crippen LogP contribution in [0.4, 0.5) is 0 Å². The lowest BCUT2D eigenvalue weighted by Crippen LogP contribution is -2.11. The van der Waals surface area contributed by atoms with E-state index in [1.165, 1.54) is 22.3 Å². The Balaban J connectivity index is 1.82. The summed E-state index contributed by atoms with van der Waals surface area (Å²) >= 11 is 6.04. The van der Waals surface area contributed by atoms with Gasteiger partial charge in [-0.25, -0.2) is 9.36 Å². The molecule has 28 heavy (non-hydrogen) atoms. The van der Waals surface area contributed by atoms with E-state index >= 15 is 0 Å². The van der Waals surface area contributed by atoms with Gasteiger partial charge in [0.1, 0.15) is 6.67 Å². The fourth-order valence-corrected chi connectivity index (χ4v) is 3.41. The third-order valence-corrected chi connectivity index (χ3v) is 5.46. The minimum Gasteiger partial charge on any atom is -0.250 e. The number of nitrogens with zero attached hydrogens (tertiary/aromatic N) is 4. The van der Waals surface area contributed by atoms with Crippen LogP contribution < -0.4 is 0 Å². The molecule has 2 aromatic carbocycles. The number of aryl methyl sites for hydroxylation is 4. The molecule has 0 radical (unpaired) electrons. The molecule has 0 atom stereocenters. The maximum Gasteiger partial charge on any atom is 0.133 e. The topological polar surface area (TPSA) is 35.6 Å². The largest absolute Gasteiger partial charge is 0.250 e. The van der Waals surface area contributed by atoms with Crippen LogP contribution in [0.3, 0.4) is 0 Å². The minimum atomic E-state index is 0.500. The standard InChI is InChI=1S/C23H23ClN4/c1-15-5-7-19(9-17(15)3)22-11-23(20-8-6-16(2)18(4)10-20)28(26-22)14-27-13-21(24)12-25-27/h5-13H,14H2,1-4H3. The highest BCUT2D eigenvalue weighted by atomic mass is 35.5. The van der Waals surface area contributed by atoms with E-state index in [1.54, 1.807) is 10.9 Å². The lowest BCUT2D eigenvalue weighted by Gasteiger charge is -2.09. The molecule has 0 aliphatic heterocycles. The van der Waals surface area contributed by atoms with Crippen molar-refractivity contribution in [3.63, 3.8) is 0 Å². The van der Waals surface area contributed by atoms with Gasteiger partial charge in [-0.05, 0) is 68.1 Å².